The molecular weight excluding hydrogens is 240 g/mol. The fraction of sp³-hybridized carbons (Fsp3) is 0.688. The number of ether oxygens (including phenoxy) is 1. The zero-order valence-corrected chi connectivity index (χ0v) is 11.9. The molecule has 0 radical (unpaired) electrons. The van der Waals surface area contributed by atoms with Crippen molar-refractivity contribution < 1.29 is 14.6 Å². The average Bonchev–Trinajstić information content (AvgIpc) is 2.36. The number of aliphatic hydroxyl groups excluding tert-OH is 1. The highest BCUT2D eigenvalue weighted by molar-refractivity contribution is 5.82. The van der Waals surface area contributed by atoms with Crippen LogP contribution in [0.25, 0.3) is 0 Å². The van der Waals surface area contributed by atoms with Crippen molar-refractivity contribution in [2.45, 2.75) is 70.5 Å². The van der Waals surface area contributed by atoms with Gasteiger partial charge in [-0.3, -0.25) is 0 Å². The Bertz CT molecular complexity index is 307. The lowest BCUT2D eigenvalue weighted by Crippen LogP contribution is -2.12. The molecule has 1 heterocycles. The molecule has 1 N–H and O–H groups in total. The van der Waals surface area contributed by atoms with E-state index in [2.05, 4.69) is 0 Å². The van der Waals surface area contributed by atoms with Crippen LogP contribution < -0.4 is 0 Å². The van der Waals surface area contributed by atoms with E-state index in [-0.39, 0.29) is 12.1 Å². The van der Waals surface area contributed by atoms with Crippen LogP contribution in [0.3, 0.4) is 0 Å². The quantitative estimate of drug-likeness (QED) is 0.682. The Morgan fingerprint density at radius 3 is 2.42 bits per heavy atom. The Kier molecular flexibility index (Phi) is 8.23. The SMILES string of the molecule is C[C@@H]1CCCCCCCC[C@H](O)/C=C\C=C\C(=O)O1. The molecule has 1 aliphatic rings. The van der Waals surface area contributed by atoms with Gasteiger partial charge in [-0.25, -0.2) is 4.79 Å². The summed E-state index contributed by atoms with van der Waals surface area (Å²) >= 11 is 0. The summed E-state index contributed by atoms with van der Waals surface area (Å²) in [5, 5.41) is 9.69. The van der Waals surface area contributed by atoms with E-state index in [0.717, 1.165) is 25.7 Å². The maximum atomic E-state index is 11.5. The summed E-state index contributed by atoms with van der Waals surface area (Å²) in [4.78, 5) is 11.5. The summed E-state index contributed by atoms with van der Waals surface area (Å²) in [5.41, 5.74) is 0. The number of aliphatic hydroxyl groups is 1. The average molecular weight is 266 g/mol. The minimum Gasteiger partial charge on any atom is -0.460 e. The predicted molar refractivity (Wildman–Crippen MR) is 76.8 cm³/mol. The standard InChI is InChI=1S/C16H26O3/c1-14-10-6-4-2-3-5-7-11-15(17)12-8-9-13-16(18)19-14/h8-9,12-15,17H,2-7,10-11H2,1H3/b12-8-,13-9+/t14-,15+/m1/s1. The van der Waals surface area contributed by atoms with Crippen LogP contribution >= 0.6 is 0 Å². The van der Waals surface area contributed by atoms with E-state index >= 15 is 0 Å². The third-order valence-electron chi connectivity index (χ3n) is 3.35. The van der Waals surface area contributed by atoms with Crippen molar-refractivity contribution in [3.8, 4) is 0 Å². The van der Waals surface area contributed by atoms with E-state index in [9.17, 15) is 9.90 Å². The Balaban J connectivity index is 2.47. The van der Waals surface area contributed by atoms with E-state index < -0.39 is 6.10 Å². The number of hydrogen-bond donors (Lipinski definition) is 1. The lowest BCUT2D eigenvalue weighted by Gasteiger charge is -2.11. The van der Waals surface area contributed by atoms with Crippen molar-refractivity contribution in [3.63, 3.8) is 0 Å². The highest BCUT2D eigenvalue weighted by atomic mass is 16.5. The van der Waals surface area contributed by atoms with Gasteiger partial charge in [-0.15, -0.1) is 0 Å². The van der Waals surface area contributed by atoms with E-state index in [1.165, 1.54) is 31.8 Å². The Morgan fingerprint density at radius 2 is 1.68 bits per heavy atom. The molecule has 0 spiro atoms. The van der Waals surface area contributed by atoms with E-state index in [4.69, 9.17) is 4.74 Å². The molecule has 3 nitrogen and oxygen atoms in total. The normalized spacial score (nSPS) is 31.4. The van der Waals surface area contributed by atoms with Gasteiger partial charge in [0.15, 0.2) is 0 Å². The van der Waals surface area contributed by atoms with Crippen LogP contribution in [0, 0.1) is 0 Å². The minimum atomic E-state index is -0.410. The van der Waals surface area contributed by atoms with Gasteiger partial charge in [0, 0.05) is 6.08 Å². The van der Waals surface area contributed by atoms with E-state index in [0.29, 0.717) is 0 Å². The fourth-order valence-electron chi connectivity index (χ4n) is 2.21. The molecule has 108 valence electrons. The largest absolute Gasteiger partial charge is 0.460 e. The van der Waals surface area contributed by atoms with E-state index in [1.54, 1.807) is 18.2 Å². The second-order valence-electron chi connectivity index (χ2n) is 5.26. The summed E-state index contributed by atoms with van der Waals surface area (Å²) in [7, 11) is 0. The zero-order chi connectivity index (χ0) is 13.9. The first kappa shape index (κ1) is 16.0. The molecule has 0 aromatic rings. The molecule has 0 amide bonds. The summed E-state index contributed by atoms with van der Waals surface area (Å²) in [6.07, 6.45) is 14.8. The van der Waals surface area contributed by atoms with Gasteiger partial charge in [0.1, 0.15) is 0 Å². The summed E-state index contributed by atoms with van der Waals surface area (Å²) in [5.74, 6) is -0.307. The van der Waals surface area contributed by atoms with Gasteiger partial charge in [-0.05, 0) is 26.2 Å². The molecule has 19 heavy (non-hydrogen) atoms. The second-order valence-corrected chi connectivity index (χ2v) is 5.26. The molecule has 0 saturated heterocycles. The van der Waals surface area contributed by atoms with Crippen molar-refractivity contribution in [2.24, 2.45) is 0 Å². The van der Waals surface area contributed by atoms with Gasteiger partial charge >= 0.3 is 5.97 Å². The van der Waals surface area contributed by atoms with Gasteiger partial charge in [-0.1, -0.05) is 50.3 Å². The second kappa shape index (κ2) is 9.79. The lowest BCUT2D eigenvalue weighted by molar-refractivity contribution is -0.142. The molecule has 0 fully saturated rings. The van der Waals surface area contributed by atoms with Gasteiger partial charge < -0.3 is 9.84 Å². The van der Waals surface area contributed by atoms with Crippen LogP contribution in [0.2, 0.25) is 0 Å². The maximum absolute atomic E-state index is 11.5. The smallest absolute Gasteiger partial charge is 0.331 e. The lowest BCUT2D eigenvalue weighted by atomic mass is 10.0. The highest BCUT2D eigenvalue weighted by Gasteiger charge is 2.06. The first-order valence-electron chi connectivity index (χ1n) is 7.42. The number of hydrogen-bond acceptors (Lipinski definition) is 3. The number of carbonyl (C=O) groups excluding carboxylic acids is 1. The summed E-state index contributed by atoms with van der Waals surface area (Å²) in [6, 6.07) is 0. The van der Waals surface area contributed by atoms with Crippen LogP contribution in [-0.2, 0) is 9.53 Å². The van der Waals surface area contributed by atoms with Crippen LogP contribution in [0.5, 0.6) is 0 Å². The fourth-order valence-corrected chi connectivity index (χ4v) is 2.21. The van der Waals surface area contributed by atoms with Gasteiger partial charge in [0.25, 0.3) is 0 Å². The third kappa shape index (κ3) is 8.60. The molecule has 0 aliphatic carbocycles. The monoisotopic (exact) mass is 266 g/mol. The molecule has 0 aromatic carbocycles. The number of cyclic esters (lactones) is 1. The first-order valence-corrected chi connectivity index (χ1v) is 7.42. The molecular formula is C16H26O3. The van der Waals surface area contributed by atoms with Crippen molar-refractivity contribution in [1.29, 1.82) is 0 Å². The van der Waals surface area contributed by atoms with Crippen molar-refractivity contribution in [3.05, 3.63) is 24.3 Å². The molecule has 0 bridgehead atoms. The number of allylic oxidation sites excluding steroid dienone is 2. The van der Waals surface area contributed by atoms with Crippen molar-refractivity contribution in [2.75, 3.05) is 0 Å². The zero-order valence-electron chi connectivity index (χ0n) is 11.9. The number of carbonyl (C=O) groups is 1. The maximum Gasteiger partial charge on any atom is 0.331 e. The molecule has 0 aromatic heterocycles. The molecule has 1 aliphatic heterocycles. The molecule has 1 rings (SSSR count). The van der Waals surface area contributed by atoms with Crippen LogP contribution in [0.4, 0.5) is 0 Å². The number of rotatable bonds is 0. The van der Waals surface area contributed by atoms with Crippen LogP contribution in [0.1, 0.15) is 58.3 Å². The molecule has 3 heteroatoms. The summed E-state index contributed by atoms with van der Waals surface area (Å²) in [6.45, 7) is 1.94. The first-order chi connectivity index (χ1) is 9.18. The van der Waals surface area contributed by atoms with E-state index in [1.807, 2.05) is 6.92 Å². The predicted octanol–water partition coefficient (Wildman–Crippen LogP) is 3.53. The van der Waals surface area contributed by atoms with Crippen molar-refractivity contribution in [1.82, 2.24) is 0 Å². The van der Waals surface area contributed by atoms with Gasteiger partial charge in [0.05, 0.1) is 12.2 Å². The Morgan fingerprint density at radius 1 is 1.05 bits per heavy atom. The topological polar surface area (TPSA) is 46.5 Å². The molecule has 0 saturated carbocycles. The van der Waals surface area contributed by atoms with Gasteiger partial charge in [-0.2, -0.15) is 0 Å². The number of esters is 1. The third-order valence-corrected chi connectivity index (χ3v) is 3.35. The highest BCUT2D eigenvalue weighted by Crippen LogP contribution is 2.12. The minimum absolute atomic E-state index is 0.0142. The van der Waals surface area contributed by atoms with Crippen LogP contribution in [0.15, 0.2) is 24.3 Å². The van der Waals surface area contributed by atoms with Gasteiger partial charge in [0.2, 0.25) is 0 Å². The van der Waals surface area contributed by atoms with Crippen LogP contribution in [-0.4, -0.2) is 23.3 Å². The molecule has 2 atom stereocenters. The molecule has 0 unspecified atom stereocenters. The Labute approximate surface area is 116 Å². The summed E-state index contributed by atoms with van der Waals surface area (Å²) < 4.78 is 5.26. The Hall–Kier alpha value is -1.09. The van der Waals surface area contributed by atoms with Crippen molar-refractivity contribution >= 4 is 5.97 Å².